The van der Waals surface area contributed by atoms with Crippen LogP contribution < -0.4 is 0 Å². The fraction of sp³-hybridized carbons (Fsp3) is 1.00. The van der Waals surface area contributed by atoms with Crippen molar-refractivity contribution in [1.29, 1.82) is 0 Å². The fourth-order valence-electron chi connectivity index (χ4n) is 1.41. The van der Waals surface area contributed by atoms with Crippen LogP contribution in [0.4, 0.5) is 0 Å². The quantitative estimate of drug-likeness (QED) is 0.265. The number of unbranched alkanes of at least 4 members (excludes halogenated alkanes) is 2. The van der Waals surface area contributed by atoms with Crippen molar-refractivity contribution in [2.45, 2.75) is 66.0 Å². The van der Waals surface area contributed by atoms with Crippen LogP contribution in [-0.2, 0) is 32.0 Å². The van der Waals surface area contributed by atoms with E-state index >= 15 is 0 Å². The molecule has 140 valence electrons. The van der Waals surface area contributed by atoms with E-state index in [4.69, 9.17) is 28.3 Å². The minimum atomic E-state index is -5.09. The highest BCUT2D eigenvalue weighted by molar-refractivity contribution is 7.61. The summed E-state index contributed by atoms with van der Waals surface area (Å²) in [4.78, 5) is 17.8. The molecule has 0 aromatic rings. The van der Waals surface area contributed by atoms with Crippen LogP contribution in [0.5, 0.6) is 0 Å². The van der Waals surface area contributed by atoms with Crippen LogP contribution in [0.3, 0.4) is 0 Å². The second kappa shape index (κ2) is 11.7. The van der Waals surface area contributed by atoms with Crippen LogP contribution in [0.25, 0.3) is 0 Å². The summed E-state index contributed by atoms with van der Waals surface area (Å²) in [5, 5.41) is 0. The highest BCUT2D eigenvalue weighted by Gasteiger charge is 2.39. The molecule has 0 aromatic heterocycles. The third-order valence-electron chi connectivity index (χ3n) is 2.46. The van der Waals surface area contributed by atoms with Crippen molar-refractivity contribution in [2.75, 3.05) is 13.2 Å². The SMILES string of the molecule is CCCCOC(C)OP(=O)(OC(C)OCCCC)OP(=O)(O)O. The minimum Gasteiger partial charge on any atom is -0.352 e. The second-order valence-corrected chi connectivity index (χ2v) is 7.76. The van der Waals surface area contributed by atoms with E-state index in [-0.39, 0.29) is 0 Å². The van der Waals surface area contributed by atoms with E-state index in [1.165, 1.54) is 13.8 Å². The van der Waals surface area contributed by atoms with Gasteiger partial charge in [0, 0.05) is 13.2 Å². The Morgan fingerprint density at radius 3 is 1.57 bits per heavy atom. The van der Waals surface area contributed by atoms with Crippen molar-refractivity contribution in [2.24, 2.45) is 0 Å². The fourth-order valence-corrected chi connectivity index (χ4v) is 3.65. The first-order chi connectivity index (χ1) is 10.6. The summed E-state index contributed by atoms with van der Waals surface area (Å²) in [6.07, 6.45) is 1.25. The van der Waals surface area contributed by atoms with Gasteiger partial charge in [-0.25, -0.2) is 9.13 Å². The molecule has 2 atom stereocenters. The first-order valence-corrected chi connectivity index (χ1v) is 10.6. The molecule has 23 heavy (non-hydrogen) atoms. The van der Waals surface area contributed by atoms with Gasteiger partial charge >= 0.3 is 15.6 Å². The Balaban J connectivity index is 4.69. The molecule has 0 spiro atoms. The summed E-state index contributed by atoms with van der Waals surface area (Å²) in [6, 6.07) is 0. The smallest absolute Gasteiger partial charge is 0.352 e. The van der Waals surface area contributed by atoms with Gasteiger partial charge in [-0.3, -0.25) is 9.05 Å². The van der Waals surface area contributed by atoms with E-state index in [1.807, 2.05) is 13.8 Å². The highest BCUT2D eigenvalue weighted by Crippen LogP contribution is 2.62. The van der Waals surface area contributed by atoms with Crippen LogP contribution >= 0.6 is 15.6 Å². The van der Waals surface area contributed by atoms with Crippen LogP contribution in [0.1, 0.15) is 53.4 Å². The lowest BCUT2D eigenvalue weighted by molar-refractivity contribution is -0.117. The van der Waals surface area contributed by atoms with Crippen LogP contribution in [-0.4, -0.2) is 35.6 Å². The van der Waals surface area contributed by atoms with Gasteiger partial charge in [0.2, 0.25) is 0 Å². The molecule has 0 aliphatic heterocycles. The topological polar surface area (TPSA) is 121 Å². The summed E-state index contributed by atoms with van der Waals surface area (Å²) in [5.74, 6) is 0. The number of phosphoric ester groups is 1. The van der Waals surface area contributed by atoms with Gasteiger partial charge in [0.05, 0.1) is 0 Å². The molecule has 0 aliphatic carbocycles. The predicted molar refractivity (Wildman–Crippen MR) is 83.5 cm³/mol. The largest absolute Gasteiger partial charge is 0.488 e. The second-order valence-electron chi connectivity index (χ2n) is 4.81. The van der Waals surface area contributed by atoms with Crippen LogP contribution in [0.15, 0.2) is 0 Å². The van der Waals surface area contributed by atoms with E-state index in [0.29, 0.717) is 13.2 Å². The summed E-state index contributed by atoms with van der Waals surface area (Å²) in [5.41, 5.74) is 0. The van der Waals surface area contributed by atoms with Gasteiger partial charge in [0.15, 0.2) is 12.6 Å². The zero-order chi connectivity index (χ0) is 17.9. The zero-order valence-electron chi connectivity index (χ0n) is 14.0. The van der Waals surface area contributed by atoms with Gasteiger partial charge in [0.25, 0.3) is 0 Å². The summed E-state index contributed by atoms with van der Waals surface area (Å²) in [6.45, 7) is 7.48. The standard InChI is InChI=1S/C12H28O9P2/c1-5-7-9-17-11(3)19-23(16,21-22(13,14)15)20-12(4)18-10-8-6-2/h11-12H,5-10H2,1-4H3,(H2,13,14,15). The third-order valence-corrected chi connectivity index (χ3v) is 5.22. The first-order valence-electron chi connectivity index (χ1n) is 7.58. The van der Waals surface area contributed by atoms with Gasteiger partial charge in [-0.1, -0.05) is 26.7 Å². The molecule has 0 bridgehead atoms. The van der Waals surface area contributed by atoms with E-state index in [9.17, 15) is 9.13 Å². The molecule has 2 unspecified atom stereocenters. The Morgan fingerprint density at radius 2 is 1.26 bits per heavy atom. The van der Waals surface area contributed by atoms with E-state index in [2.05, 4.69) is 4.31 Å². The van der Waals surface area contributed by atoms with Gasteiger partial charge in [0.1, 0.15) is 0 Å². The van der Waals surface area contributed by atoms with Crippen molar-refractivity contribution in [3.05, 3.63) is 0 Å². The molecule has 0 radical (unpaired) electrons. The molecule has 0 saturated carbocycles. The first kappa shape index (κ1) is 23.2. The summed E-state index contributed by atoms with van der Waals surface area (Å²) in [7, 11) is -9.65. The number of phosphoric acid groups is 2. The molecular weight excluding hydrogens is 350 g/mol. The highest BCUT2D eigenvalue weighted by atomic mass is 31.3. The monoisotopic (exact) mass is 378 g/mol. The normalized spacial score (nSPS) is 17.7. The average Bonchev–Trinajstić information content (AvgIpc) is 2.36. The maximum absolute atomic E-state index is 12.4. The van der Waals surface area contributed by atoms with Crippen molar-refractivity contribution in [1.82, 2.24) is 0 Å². The minimum absolute atomic E-state index is 0.343. The van der Waals surface area contributed by atoms with Crippen LogP contribution in [0.2, 0.25) is 0 Å². The molecular formula is C12H28O9P2. The lowest BCUT2D eigenvalue weighted by Crippen LogP contribution is -2.18. The molecule has 0 heterocycles. The lowest BCUT2D eigenvalue weighted by atomic mass is 10.4. The predicted octanol–water partition coefficient (Wildman–Crippen LogP) is 3.56. The molecule has 0 aromatic carbocycles. The van der Waals surface area contributed by atoms with Crippen LogP contribution in [0, 0.1) is 0 Å². The summed E-state index contributed by atoms with van der Waals surface area (Å²) >= 11 is 0. The molecule has 0 amide bonds. The molecule has 0 fully saturated rings. The van der Waals surface area contributed by atoms with Crippen molar-refractivity contribution < 1.29 is 41.7 Å². The molecule has 0 aliphatic rings. The molecule has 0 rings (SSSR count). The molecule has 0 saturated heterocycles. The number of hydrogen-bond donors (Lipinski definition) is 2. The van der Waals surface area contributed by atoms with Gasteiger partial charge in [-0.2, -0.15) is 4.31 Å². The number of rotatable bonds is 14. The Kier molecular flexibility index (Phi) is 11.8. The maximum Gasteiger partial charge on any atom is 0.488 e. The van der Waals surface area contributed by atoms with Gasteiger partial charge in [-0.15, -0.1) is 0 Å². The van der Waals surface area contributed by atoms with Gasteiger partial charge in [-0.05, 0) is 26.7 Å². The molecule has 2 N–H and O–H groups in total. The Hall–Kier alpha value is 0.180. The molecule has 9 nitrogen and oxygen atoms in total. The lowest BCUT2D eigenvalue weighted by Gasteiger charge is -2.24. The summed E-state index contributed by atoms with van der Waals surface area (Å²) < 4.78 is 47.9. The Labute approximate surface area is 137 Å². The van der Waals surface area contributed by atoms with Crippen molar-refractivity contribution in [3.8, 4) is 0 Å². The Bertz CT molecular complexity index is 376. The Morgan fingerprint density at radius 1 is 0.870 bits per heavy atom. The van der Waals surface area contributed by atoms with Crippen molar-refractivity contribution >= 4 is 15.6 Å². The maximum atomic E-state index is 12.4. The van der Waals surface area contributed by atoms with Crippen molar-refractivity contribution in [3.63, 3.8) is 0 Å². The number of ether oxygens (including phenoxy) is 2. The number of hydrogen-bond acceptors (Lipinski definition) is 7. The van der Waals surface area contributed by atoms with Gasteiger partial charge < -0.3 is 19.3 Å². The van der Waals surface area contributed by atoms with E-state index in [1.54, 1.807) is 0 Å². The van der Waals surface area contributed by atoms with E-state index < -0.39 is 28.2 Å². The molecule has 11 heteroatoms. The zero-order valence-corrected chi connectivity index (χ0v) is 15.8. The average molecular weight is 378 g/mol. The van der Waals surface area contributed by atoms with E-state index in [0.717, 1.165) is 25.7 Å². The third kappa shape index (κ3) is 13.2.